The molecule has 0 aromatic carbocycles. The van der Waals surface area contributed by atoms with Crippen LogP contribution in [0.4, 0.5) is 0 Å². The van der Waals surface area contributed by atoms with Gasteiger partial charge >= 0.3 is 0 Å². The second-order valence-electron chi connectivity index (χ2n) is 16.4. The fraction of sp³-hybridized carbons (Fsp3) is 0.364. The Bertz CT molecular complexity index is 2010. The van der Waals surface area contributed by atoms with Crippen molar-refractivity contribution in [1.29, 1.82) is 0 Å². The molecule has 0 bridgehead atoms. The summed E-state index contributed by atoms with van der Waals surface area (Å²) in [4.78, 5) is 29.0. The van der Waals surface area contributed by atoms with Gasteiger partial charge in [-0.3, -0.25) is 34.9 Å². The minimum Gasteiger partial charge on any atom is -0.261 e. The monoisotopic (exact) mass is 834 g/mol. The zero-order chi connectivity index (χ0) is 47.1. The molecule has 7 rings (SSSR count). The summed E-state index contributed by atoms with van der Waals surface area (Å²) in [5, 5.41) is 0. The molecule has 0 unspecified atom stereocenters. The van der Waals surface area contributed by atoms with Crippen molar-refractivity contribution >= 4 is 0 Å². The number of nitrogens with zero attached hydrogens (tertiary/aromatic N) is 7. The lowest BCUT2D eigenvalue weighted by Gasteiger charge is -1.97. The van der Waals surface area contributed by atoms with Crippen LogP contribution in [0, 0.1) is 138 Å². The highest BCUT2D eigenvalue weighted by molar-refractivity contribution is 5.26. The number of aryl methyl sites for hydroxylation is 20. The topological polar surface area (TPSA) is 90.2 Å². The van der Waals surface area contributed by atoms with Gasteiger partial charge in [0.1, 0.15) is 0 Å². The minimum atomic E-state index is 1.08. The maximum atomic E-state index is 4.18. The van der Waals surface area contributed by atoms with Gasteiger partial charge in [-0.15, -0.1) is 0 Å². The van der Waals surface area contributed by atoms with Crippen LogP contribution in [0.1, 0.15) is 112 Å². The first kappa shape index (κ1) is 54.1. The Balaban J connectivity index is 0.000000362. The van der Waals surface area contributed by atoms with Crippen LogP contribution < -0.4 is 0 Å². The quantitative estimate of drug-likeness (QED) is 0.150. The van der Waals surface area contributed by atoms with E-state index in [4.69, 9.17) is 0 Å². The summed E-state index contributed by atoms with van der Waals surface area (Å²) in [7, 11) is 0. The number of pyridine rings is 7. The Morgan fingerprint density at radius 1 is 0.210 bits per heavy atom. The Labute approximate surface area is 376 Å². The maximum absolute atomic E-state index is 4.18. The summed E-state index contributed by atoms with van der Waals surface area (Å²) in [6.07, 6.45) is 13.3. The van der Waals surface area contributed by atoms with Crippen LogP contribution >= 0.6 is 0 Å². The molecule has 0 aliphatic heterocycles. The van der Waals surface area contributed by atoms with Gasteiger partial charge in [0.2, 0.25) is 0 Å². The molecule has 7 nitrogen and oxygen atoms in total. The lowest BCUT2D eigenvalue weighted by Crippen LogP contribution is -1.85. The molecule has 0 saturated heterocycles. The summed E-state index contributed by atoms with van der Waals surface area (Å²) >= 11 is 0. The van der Waals surface area contributed by atoms with E-state index in [0.29, 0.717) is 0 Å². The van der Waals surface area contributed by atoms with Crippen LogP contribution in [-0.4, -0.2) is 34.9 Å². The Kier molecular flexibility index (Phi) is 24.2. The average Bonchev–Trinajstić information content (AvgIpc) is 3.21. The van der Waals surface area contributed by atoms with Crippen LogP contribution in [0.25, 0.3) is 0 Å². The van der Waals surface area contributed by atoms with Gasteiger partial charge in [-0.05, 0) is 241 Å². The molecule has 0 atom stereocenters. The molecule has 0 fully saturated rings. The van der Waals surface area contributed by atoms with Crippen molar-refractivity contribution < 1.29 is 0 Å². The number of hydrogen-bond donors (Lipinski definition) is 0. The molecule has 0 aliphatic carbocycles. The van der Waals surface area contributed by atoms with Gasteiger partial charge in [-0.1, -0.05) is 18.2 Å². The third-order valence-electron chi connectivity index (χ3n) is 10.0. The van der Waals surface area contributed by atoms with E-state index in [2.05, 4.69) is 160 Å². The van der Waals surface area contributed by atoms with E-state index in [0.717, 1.165) is 39.9 Å². The van der Waals surface area contributed by atoms with Crippen LogP contribution in [0.5, 0.6) is 0 Å². The highest BCUT2D eigenvalue weighted by atomic mass is 14.7. The summed E-state index contributed by atoms with van der Waals surface area (Å²) in [5.74, 6) is 0. The van der Waals surface area contributed by atoms with Crippen molar-refractivity contribution in [3.8, 4) is 0 Å². The second kappa shape index (κ2) is 27.8. The highest BCUT2D eigenvalue weighted by Crippen LogP contribution is 2.08. The molecular weight excluding hydrogens is 759 g/mol. The van der Waals surface area contributed by atoms with Crippen LogP contribution in [-0.2, 0) is 0 Å². The number of hydrogen-bond acceptors (Lipinski definition) is 7. The Morgan fingerprint density at radius 3 is 0.645 bits per heavy atom. The molecule has 7 aromatic rings. The van der Waals surface area contributed by atoms with E-state index in [1.54, 1.807) is 0 Å². The normalized spacial score (nSPS) is 9.61. The SMILES string of the molecule is Cc1cc(C)c(C)cn1.Cc1cc(C)c(C)cn1.Cc1cc(C)c(C)cn1.Cc1cc(C)c(C)cn1.Cc1ccc(C)nc1.Cc1cnc(C)c(C)c1.Cc1cnc(C)c(C)c1. The van der Waals surface area contributed by atoms with Crippen molar-refractivity contribution in [2.75, 3.05) is 0 Å². The Morgan fingerprint density at radius 2 is 0.468 bits per heavy atom. The van der Waals surface area contributed by atoms with Gasteiger partial charge in [-0.25, -0.2) is 0 Å². The minimum absolute atomic E-state index is 1.08. The molecule has 0 radical (unpaired) electrons. The summed E-state index contributed by atoms with van der Waals surface area (Å²) < 4.78 is 0. The second-order valence-corrected chi connectivity index (χ2v) is 16.4. The third kappa shape index (κ3) is 22.6. The van der Waals surface area contributed by atoms with Crippen molar-refractivity contribution in [3.05, 3.63) is 204 Å². The smallest absolute Gasteiger partial charge is 0.0401 e. The number of aromatic nitrogens is 7. The third-order valence-corrected chi connectivity index (χ3v) is 10.0. The van der Waals surface area contributed by atoms with Gasteiger partial charge in [0.15, 0.2) is 0 Å². The van der Waals surface area contributed by atoms with Crippen molar-refractivity contribution in [3.63, 3.8) is 0 Å². The van der Waals surface area contributed by atoms with E-state index in [1.807, 2.05) is 105 Å². The van der Waals surface area contributed by atoms with Crippen LogP contribution in [0.15, 0.2) is 91.9 Å². The number of rotatable bonds is 0. The largest absolute Gasteiger partial charge is 0.261 e. The lowest BCUT2D eigenvalue weighted by atomic mass is 10.2. The fourth-order valence-electron chi connectivity index (χ4n) is 5.17. The molecule has 0 N–H and O–H groups in total. The fourth-order valence-corrected chi connectivity index (χ4v) is 5.17. The van der Waals surface area contributed by atoms with Crippen molar-refractivity contribution in [2.45, 2.75) is 138 Å². The molecule has 0 saturated carbocycles. The zero-order valence-corrected chi connectivity index (χ0v) is 41.8. The molecule has 62 heavy (non-hydrogen) atoms. The summed E-state index contributed by atoms with van der Waals surface area (Å²) in [5.41, 5.74) is 24.3. The van der Waals surface area contributed by atoms with E-state index in [1.165, 1.54) is 72.3 Å². The van der Waals surface area contributed by atoms with Gasteiger partial charge in [0.05, 0.1) is 0 Å². The maximum Gasteiger partial charge on any atom is 0.0401 e. The van der Waals surface area contributed by atoms with Gasteiger partial charge in [0, 0.05) is 83.2 Å². The van der Waals surface area contributed by atoms with Crippen LogP contribution in [0.2, 0.25) is 0 Å². The van der Waals surface area contributed by atoms with E-state index < -0.39 is 0 Å². The van der Waals surface area contributed by atoms with Crippen molar-refractivity contribution in [1.82, 2.24) is 34.9 Å². The molecule has 7 aromatic heterocycles. The summed E-state index contributed by atoms with van der Waals surface area (Å²) in [6.45, 7) is 41.0. The zero-order valence-electron chi connectivity index (χ0n) is 41.8. The predicted molar refractivity (Wildman–Crippen MR) is 264 cm³/mol. The Hall–Kier alpha value is -5.95. The van der Waals surface area contributed by atoms with Gasteiger partial charge < -0.3 is 0 Å². The first-order chi connectivity index (χ1) is 29.0. The molecule has 0 spiro atoms. The van der Waals surface area contributed by atoms with E-state index in [9.17, 15) is 0 Å². The van der Waals surface area contributed by atoms with Crippen molar-refractivity contribution in [2.24, 2.45) is 0 Å². The molecular formula is C55H75N7. The highest BCUT2D eigenvalue weighted by Gasteiger charge is 1.94. The molecule has 330 valence electrons. The van der Waals surface area contributed by atoms with Gasteiger partial charge in [0.25, 0.3) is 0 Å². The first-order valence-corrected chi connectivity index (χ1v) is 21.3. The molecule has 7 heteroatoms. The van der Waals surface area contributed by atoms with Crippen LogP contribution in [0.3, 0.4) is 0 Å². The molecule has 0 amide bonds. The lowest BCUT2D eigenvalue weighted by molar-refractivity contribution is 1.12. The molecule has 7 heterocycles. The predicted octanol–water partition coefficient (Wildman–Crippen LogP) is 13.7. The van der Waals surface area contributed by atoms with Gasteiger partial charge in [-0.2, -0.15) is 0 Å². The van der Waals surface area contributed by atoms with E-state index >= 15 is 0 Å². The molecule has 0 aliphatic rings. The standard InChI is InChI=1S/6C8H11N.C7H9N/c4*1-6-4-8(3)9-5-7(6)2;2*1-6-4-7(2)8(3)9-5-6;1-6-3-4-7(2)8-5-6/h6*4-5H,1-3H3;3-5H,1-2H3. The summed E-state index contributed by atoms with van der Waals surface area (Å²) in [6, 6.07) is 16.7. The van der Waals surface area contributed by atoms with E-state index in [-0.39, 0.29) is 0 Å². The first-order valence-electron chi connectivity index (χ1n) is 21.3. The average molecular weight is 834 g/mol.